The predicted octanol–water partition coefficient (Wildman–Crippen LogP) is 4.06. The molecule has 6 heteroatoms. The molecule has 0 aliphatic carbocycles. The second-order valence-electron chi connectivity index (χ2n) is 6.14. The zero-order valence-corrected chi connectivity index (χ0v) is 14.8. The Morgan fingerprint density at radius 1 is 1.12 bits per heavy atom. The molecule has 0 atom stereocenters. The normalized spacial score (nSPS) is 13.6. The Morgan fingerprint density at radius 3 is 2.73 bits per heavy atom. The van der Waals surface area contributed by atoms with Crippen LogP contribution in [0.5, 0.6) is 5.19 Å². The number of halogens is 1. The molecule has 26 heavy (non-hydrogen) atoms. The van der Waals surface area contributed by atoms with Crippen molar-refractivity contribution < 1.29 is 13.9 Å². The summed E-state index contributed by atoms with van der Waals surface area (Å²) in [6, 6.07) is 16.2. The van der Waals surface area contributed by atoms with Crippen molar-refractivity contribution in [2.45, 2.75) is 19.6 Å². The highest BCUT2D eigenvalue weighted by atomic mass is 32.1. The topological polar surface area (TPSA) is 42.4 Å². The standard InChI is InChI=1S/C20H17FN2O2S/c21-16-8-4-7-15(11-16)12-23-10-9-17-18(19(23)24)26-20(22-17)25-13-14-5-2-1-3-6-14/h1-8,11H,9-10,12-13H2. The van der Waals surface area contributed by atoms with Crippen LogP contribution >= 0.6 is 11.3 Å². The minimum Gasteiger partial charge on any atom is -0.465 e. The molecule has 0 spiro atoms. The van der Waals surface area contributed by atoms with Crippen molar-refractivity contribution in [1.82, 2.24) is 9.88 Å². The molecule has 0 saturated heterocycles. The van der Waals surface area contributed by atoms with E-state index in [1.54, 1.807) is 11.0 Å². The van der Waals surface area contributed by atoms with Crippen molar-refractivity contribution in [2.75, 3.05) is 6.54 Å². The van der Waals surface area contributed by atoms with Gasteiger partial charge in [-0.15, -0.1) is 0 Å². The van der Waals surface area contributed by atoms with Crippen LogP contribution in [0.3, 0.4) is 0 Å². The summed E-state index contributed by atoms with van der Waals surface area (Å²) in [7, 11) is 0. The maximum absolute atomic E-state index is 13.4. The van der Waals surface area contributed by atoms with Crippen molar-refractivity contribution in [2.24, 2.45) is 0 Å². The monoisotopic (exact) mass is 368 g/mol. The largest absolute Gasteiger partial charge is 0.465 e. The highest BCUT2D eigenvalue weighted by molar-refractivity contribution is 7.15. The molecule has 1 aliphatic heterocycles. The number of rotatable bonds is 5. The molecule has 4 nitrogen and oxygen atoms in total. The number of nitrogens with zero attached hydrogens (tertiary/aromatic N) is 2. The second-order valence-corrected chi connectivity index (χ2v) is 7.10. The third-order valence-electron chi connectivity index (χ3n) is 4.25. The zero-order chi connectivity index (χ0) is 17.9. The Bertz CT molecular complexity index is 927. The number of benzene rings is 2. The van der Waals surface area contributed by atoms with Crippen molar-refractivity contribution in [3.8, 4) is 5.19 Å². The van der Waals surface area contributed by atoms with Crippen LogP contribution in [0.4, 0.5) is 4.39 Å². The molecule has 0 fully saturated rings. The van der Waals surface area contributed by atoms with Gasteiger partial charge in [0.25, 0.3) is 11.1 Å². The molecular formula is C20H17FN2O2S. The van der Waals surface area contributed by atoms with Crippen molar-refractivity contribution in [1.29, 1.82) is 0 Å². The molecule has 0 N–H and O–H groups in total. The highest BCUT2D eigenvalue weighted by Gasteiger charge is 2.28. The Kier molecular flexibility index (Phi) is 4.67. The van der Waals surface area contributed by atoms with Gasteiger partial charge >= 0.3 is 0 Å². The van der Waals surface area contributed by atoms with Crippen LogP contribution in [0.25, 0.3) is 0 Å². The molecule has 2 heterocycles. The van der Waals surface area contributed by atoms with Gasteiger partial charge in [0.05, 0.1) is 5.69 Å². The van der Waals surface area contributed by atoms with Crippen molar-refractivity contribution in [3.05, 3.63) is 82.1 Å². The maximum Gasteiger partial charge on any atom is 0.274 e. The summed E-state index contributed by atoms with van der Waals surface area (Å²) < 4.78 is 19.1. The summed E-state index contributed by atoms with van der Waals surface area (Å²) in [5.74, 6) is -0.357. The van der Waals surface area contributed by atoms with Crippen molar-refractivity contribution >= 4 is 17.2 Å². The van der Waals surface area contributed by atoms with E-state index < -0.39 is 0 Å². The average Bonchev–Trinajstić information content (AvgIpc) is 3.07. The summed E-state index contributed by atoms with van der Waals surface area (Å²) in [5.41, 5.74) is 2.63. The van der Waals surface area contributed by atoms with Crippen LogP contribution in [0, 0.1) is 5.82 Å². The molecular weight excluding hydrogens is 351 g/mol. The van der Waals surface area contributed by atoms with Gasteiger partial charge in [-0.25, -0.2) is 9.37 Å². The van der Waals surface area contributed by atoms with Gasteiger partial charge in [0.15, 0.2) is 0 Å². The van der Waals surface area contributed by atoms with Crippen molar-refractivity contribution in [3.63, 3.8) is 0 Å². The number of amides is 1. The molecule has 3 aromatic rings. The number of carbonyl (C=O) groups is 1. The van der Waals surface area contributed by atoms with E-state index in [1.165, 1.54) is 23.5 Å². The fraction of sp³-hybridized carbons (Fsp3) is 0.200. The lowest BCUT2D eigenvalue weighted by molar-refractivity contribution is 0.0731. The van der Waals surface area contributed by atoms with E-state index in [1.807, 2.05) is 36.4 Å². The third-order valence-corrected chi connectivity index (χ3v) is 5.24. The molecule has 132 valence electrons. The van der Waals surface area contributed by atoms with Gasteiger partial charge in [-0.05, 0) is 23.3 Å². The number of hydrogen-bond donors (Lipinski definition) is 0. The van der Waals surface area contributed by atoms with E-state index in [4.69, 9.17) is 4.74 Å². The van der Waals surface area contributed by atoms with Gasteiger partial charge in [-0.1, -0.05) is 53.8 Å². The molecule has 2 aromatic carbocycles. The van der Waals surface area contributed by atoms with Gasteiger partial charge in [0, 0.05) is 19.5 Å². The van der Waals surface area contributed by atoms with Gasteiger partial charge < -0.3 is 9.64 Å². The lowest BCUT2D eigenvalue weighted by Gasteiger charge is -2.25. The Morgan fingerprint density at radius 2 is 1.92 bits per heavy atom. The first kappa shape index (κ1) is 16.7. The molecule has 0 unspecified atom stereocenters. The molecule has 1 aromatic heterocycles. The van der Waals surface area contributed by atoms with Crippen LogP contribution in [0.1, 0.15) is 26.5 Å². The number of thiazole rings is 1. The average molecular weight is 368 g/mol. The number of hydrogen-bond acceptors (Lipinski definition) is 4. The fourth-order valence-corrected chi connectivity index (χ4v) is 3.87. The molecule has 4 rings (SSSR count). The summed E-state index contributed by atoms with van der Waals surface area (Å²) in [5, 5.41) is 0.514. The van der Waals surface area contributed by atoms with Crippen LogP contribution in [-0.2, 0) is 19.6 Å². The first-order valence-corrected chi connectivity index (χ1v) is 9.21. The first-order chi connectivity index (χ1) is 12.7. The van der Waals surface area contributed by atoms with Gasteiger partial charge in [-0.3, -0.25) is 4.79 Å². The lowest BCUT2D eigenvalue weighted by atomic mass is 10.1. The Hall–Kier alpha value is -2.73. The van der Waals surface area contributed by atoms with E-state index in [-0.39, 0.29) is 11.7 Å². The van der Waals surface area contributed by atoms with Crippen LogP contribution in [-0.4, -0.2) is 22.3 Å². The predicted molar refractivity (Wildman–Crippen MR) is 97.7 cm³/mol. The lowest BCUT2D eigenvalue weighted by Crippen LogP contribution is -2.36. The third kappa shape index (κ3) is 3.60. The number of ether oxygens (including phenoxy) is 1. The number of carbonyl (C=O) groups excluding carboxylic acids is 1. The highest BCUT2D eigenvalue weighted by Crippen LogP contribution is 2.31. The summed E-state index contributed by atoms with van der Waals surface area (Å²) in [6.07, 6.45) is 0.682. The summed E-state index contributed by atoms with van der Waals surface area (Å²) in [6.45, 7) is 1.40. The van der Waals surface area contributed by atoms with Crippen LogP contribution in [0.2, 0.25) is 0 Å². The molecule has 0 saturated carbocycles. The number of fused-ring (bicyclic) bond motifs is 1. The Balaban J connectivity index is 1.45. The van der Waals surface area contributed by atoms with Gasteiger partial charge in [0.2, 0.25) is 0 Å². The summed E-state index contributed by atoms with van der Waals surface area (Å²) in [4.78, 5) is 19.6. The van der Waals surface area contributed by atoms with E-state index >= 15 is 0 Å². The minimum absolute atomic E-state index is 0.0671. The van der Waals surface area contributed by atoms with E-state index in [2.05, 4.69) is 4.98 Å². The fourth-order valence-electron chi connectivity index (χ4n) is 2.94. The van der Waals surface area contributed by atoms with E-state index in [9.17, 15) is 9.18 Å². The smallest absolute Gasteiger partial charge is 0.274 e. The SMILES string of the molecule is O=C1c2sc(OCc3ccccc3)nc2CCN1Cc1cccc(F)c1. The van der Waals surface area contributed by atoms with E-state index in [0.717, 1.165) is 16.8 Å². The molecule has 1 aliphatic rings. The minimum atomic E-state index is -0.290. The maximum atomic E-state index is 13.4. The molecule has 0 bridgehead atoms. The number of aromatic nitrogens is 1. The quantitative estimate of drug-likeness (QED) is 0.682. The van der Waals surface area contributed by atoms with Crippen LogP contribution < -0.4 is 4.74 Å². The zero-order valence-electron chi connectivity index (χ0n) is 14.0. The molecule has 0 radical (unpaired) electrons. The van der Waals surface area contributed by atoms with Crippen LogP contribution in [0.15, 0.2) is 54.6 Å². The Labute approximate surface area is 154 Å². The molecule has 1 amide bonds. The van der Waals surface area contributed by atoms with E-state index in [0.29, 0.717) is 36.2 Å². The van der Waals surface area contributed by atoms with Gasteiger partial charge in [-0.2, -0.15) is 0 Å². The first-order valence-electron chi connectivity index (χ1n) is 8.39. The summed E-state index contributed by atoms with van der Waals surface area (Å²) >= 11 is 1.28. The second kappa shape index (κ2) is 7.25. The van der Waals surface area contributed by atoms with Gasteiger partial charge in [0.1, 0.15) is 17.3 Å².